The molecule has 0 aliphatic carbocycles. The highest BCUT2D eigenvalue weighted by Crippen LogP contribution is 2.22. The first-order valence-electron chi connectivity index (χ1n) is 5.55. The van der Waals surface area contributed by atoms with Crippen LogP contribution in [0.2, 0.25) is 0 Å². The summed E-state index contributed by atoms with van der Waals surface area (Å²) in [5, 5.41) is 13.4. The SMILES string of the molecule is Cc1cc(F)cc(C(C)(O)CNC(C)C)c1. The first kappa shape index (κ1) is 13.1. The van der Waals surface area contributed by atoms with Crippen LogP contribution < -0.4 is 5.32 Å². The predicted molar refractivity (Wildman–Crippen MR) is 63.8 cm³/mol. The minimum Gasteiger partial charge on any atom is -0.384 e. The zero-order chi connectivity index (χ0) is 12.3. The highest BCUT2D eigenvalue weighted by atomic mass is 19.1. The smallest absolute Gasteiger partial charge is 0.123 e. The highest BCUT2D eigenvalue weighted by molar-refractivity contribution is 5.28. The van der Waals surface area contributed by atoms with E-state index >= 15 is 0 Å². The lowest BCUT2D eigenvalue weighted by Crippen LogP contribution is -2.38. The van der Waals surface area contributed by atoms with E-state index in [0.29, 0.717) is 18.2 Å². The number of aliphatic hydroxyl groups is 1. The van der Waals surface area contributed by atoms with Crippen LogP contribution in [-0.4, -0.2) is 17.7 Å². The van der Waals surface area contributed by atoms with Crippen molar-refractivity contribution in [1.29, 1.82) is 0 Å². The summed E-state index contributed by atoms with van der Waals surface area (Å²) in [5.41, 5.74) is 0.384. The molecule has 2 N–H and O–H groups in total. The van der Waals surface area contributed by atoms with Gasteiger partial charge in [-0.2, -0.15) is 0 Å². The van der Waals surface area contributed by atoms with E-state index in [1.165, 1.54) is 12.1 Å². The Kier molecular flexibility index (Phi) is 4.05. The lowest BCUT2D eigenvalue weighted by Gasteiger charge is -2.26. The van der Waals surface area contributed by atoms with Crippen LogP contribution in [0, 0.1) is 12.7 Å². The van der Waals surface area contributed by atoms with Crippen molar-refractivity contribution in [2.75, 3.05) is 6.54 Å². The van der Waals surface area contributed by atoms with Crippen LogP contribution in [0.15, 0.2) is 18.2 Å². The molecule has 2 nitrogen and oxygen atoms in total. The third-order valence-electron chi connectivity index (χ3n) is 2.52. The molecular formula is C13H20FNO. The lowest BCUT2D eigenvalue weighted by molar-refractivity contribution is 0.0546. The summed E-state index contributed by atoms with van der Waals surface area (Å²) in [4.78, 5) is 0. The Morgan fingerprint density at radius 2 is 2.00 bits per heavy atom. The third-order valence-corrected chi connectivity index (χ3v) is 2.52. The van der Waals surface area contributed by atoms with Crippen molar-refractivity contribution >= 4 is 0 Å². The number of nitrogens with one attached hydrogen (secondary N) is 1. The van der Waals surface area contributed by atoms with Gasteiger partial charge in [0.15, 0.2) is 0 Å². The molecule has 0 amide bonds. The predicted octanol–water partition coefficient (Wildman–Crippen LogP) is 2.34. The number of hydrogen-bond acceptors (Lipinski definition) is 2. The maximum absolute atomic E-state index is 13.2. The molecule has 0 spiro atoms. The second-order valence-electron chi connectivity index (χ2n) is 4.83. The quantitative estimate of drug-likeness (QED) is 0.824. The van der Waals surface area contributed by atoms with Gasteiger partial charge in [0.1, 0.15) is 5.82 Å². The Bertz CT molecular complexity index is 341. The van der Waals surface area contributed by atoms with Crippen molar-refractivity contribution < 1.29 is 9.50 Å². The van der Waals surface area contributed by atoms with Gasteiger partial charge >= 0.3 is 0 Å². The minimum atomic E-state index is -1.04. The Morgan fingerprint density at radius 3 is 2.50 bits per heavy atom. The fourth-order valence-corrected chi connectivity index (χ4v) is 1.55. The van der Waals surface area contributed by atoms with E-state index < -0.39 is 5.60 Å². The molecule has 1 rings (SSSR count). The zero-order valence-corrected chi connectivity index (χ0v) is 10.3. The van der Waals surface area contributed by atoms with Gasteiger partial charge in [0, 0.05) is 12.6 Å². The van der Waals surface area contributed by atoms with Crippen LogP contribution in [0.4, 0.5) is 4.39 Å². The number of aryl methyl sites for hydroxylation is 1. The van der Waals surface area contributed by atoms with E-state index in [4.69, 9.17) is 0 Å². The molecule has 0 heterocycles. The van der Waals surface area contributed by atoms with Gasteiger partial charge in [0.05, 0.1) is 5.60 Å². The molecule has 1 unspecified atom stereocenters. The Hall–Kier alpha value is -0.930. The van der Waals surface area contributed by atoms with Gasteiger partial charge in [0.2, 0.25) is 0 Å². The first-order chi connectivity index (χ1) is 7.31. The average molecular weight is 225 g/mol. The average Bonchev–Trinajstić information content (AvgIpc) is 2.13. The van der Waals surface area contributed by atoms with E-state index in [-0.39, 0.29) is 5.82 Å². The van der Waals surface area contributed by atoms with E-state index in [1.54, 1.807) is 6.92 Å². The summed E-state index contributed by atoms with van der Waals surface area (Å²) in [6.45, 7) is 7.93. The van der Waals surface area contributed by atoms with Crippen LogP contribution in [0.25, 0.3) is 0 Å². The third kappa shape index (κ3) is 3.58. The van der Waals surface area contributed by atoms with Gasteiger partial charge in [0.25, 0.3) is 0 Å². The molecule has 0 saturated carbocycles. The second-order valence-corrected chi connectivity index (χ2v) is 4.83. The van der Waals surface area contributed by atoms with Gasteiger partial charge in [-0.15, -0.1) is 0 Å². The van der Waals surface area contributed by atoms with Crippen LogP contribution in [0.1, 0.15) is 31.9 Å². The highest BCUT2D eigenvalue weighted by Gasteiger charge is 2.23. The van der Waals surface area contributed by atoms with Crippen LogP contribution in [0.3, 0.4) is 0 Å². The van der Waals surface area contributed by atoms with Crippen LogP contribution in [-0.2, 0) is 5.60 Å². The Morgan fingerprint density at radius 1 is 1.38 bits per heavy atom. The Balaban J connectivity index is 2.88. The molecule has 0 bridgehead atoms. The molecule has 0 saturated heterocycles. The molecule has 3 heteroatoms. The van der Waals surface area contributed by atoms with E-state index in [0.717, 1.165) is 5.56 Å². The number of halogens is 1. The van der Waals surface area contributed by atoms with Crippen molar-refractivity contribution in [3.8, 4) is 0 Å². The summed E-state index contributed by atoms with van der Waals surface area (Å²) in [5.74, 6) is -0.306. The van der Waals surface area contributed by atoms with Crippen molar-refractivity contribution in [3.05, 3.63) is 35.1 Å². The fraction of sp³-hybridized carbons (Fsp3) is 0.538. The molecule has 0 aromatic heterocycles. The second kappa shape index (κ2) is 4.93. The number of rotatable bonds is 4. The van der Waals surface area contributed by atoms with Crippen molar-refractivity contribution in [1.82, 2.24) is 5.32 Å². The molecule has 90 valence electrons. The first-order valence-corrected chi connectivity index (χ1v) is 5.55. The number of hydrogen-bond donors (Lipinski definition) is 2. The van der Waals surface area contributed by atoms with Crippen molar-refractivity contribution in [3.63, 3.8) is 0 Å². The van der Waals surface area contributed by atoms with Gasteiger partial charge in [-0.3, -0.25) is 0 Å². The summed E-state index contributed by atoms with van der Waals surface area (Å²) in [7, 11) is 0. The number of benzene rings is 1. The molecule has 0 aliphatic heterocycles. The van der Waals surface area contributed by atoms with Gasteiger partial charge in [-0.1, -0.05) is 19.9 Å². The van der Waals surface area contributed by atoms with Gasteiger partial charge in [-0.25, -0.2) is 4.39 Å². The minimum absolute atomic E-state index is 0.293. The molecule has 16 heavy (non-hydrogen) atoms. The molecule has 1 atom stereocenters. The van der Waals surface area contributed by atoms with Crippen LogP contribution in [0.5, 0.6) is 0 Å². The lowest BCUT2D eigenvalue weighted by atomic mass is 9.94. The van der Waals surface area contributed by atoms with E-state index in [9.17, 15) is 9.50 Å². The van der Waals surface area contributed by atoms with Crippen molar-refractivity contribution in [2.45, 2.75) is 39.3 Å². The fourth-order valence-electron chi connectivity index (χ4n) is 1.55. The van der Waals surface area contributed by atoms with Gasteiger partial charge < -0.3 is 10.4 Å². The summed E-state index contributed by atoms with van der Waals surface area (Å²) >= 11 is 0. The van der Waals surface area contributed by atoms with Gasteiger partial charge in [-0.05, 0) is 37.1 Å². The molecule has 0 fully saturated rings. The van der Waals surface area contributed by atoms with E-state index in [1.807, 2.05) is 26.8 Å². The molecule has 0 aliphatic rings. The monoisotopic (exact) mass is 225 g/mol. The summed E-state index contributed by atoms with van der Waals surface area (Å²) < 4.78 is 13.2. The topological polar surface area (TPSA) is 32.3 Å². The maximum atomic E-state index is 13.2. The standard InChI is InChI=1S/C13H20FNO/c1-9(2)15-8-13(4,16)11-5-10(3)6-12(14)7-11/h5-7,9,15-16H,8H2,1-4H3. The molecule has 1 aromatic rings. The normalized spacial score (nSPS) is 15.2. The van der Waals surface area contributed by atoms with Crippen molar-refractivity contribution in [2.24, 2.45) is 0 Å². The summed E-state index contributed by atoms with van der Waals surface area (Å²) in [6.07, 6.45) is 0. The largest absolute Gasteiger partial charge is 0.384 e. The molecule has 1 aromatic carbocycles. The summed E-state index contributed by atoms with van der Waals surface area (Å²) in [6, 6.07) is 4.94. The molecule has 0 radical (unpaired) electrons. The van der Waals surface area contributed by atoms with Crippen LogP contribution >= 0.6 is 0 Å². The Labute approximate surface area is 96.5 Å². The maximum Gasteiger partial charge on any atom is 0.123 e. The molecular weight excluding hydrogens is 205 g/mol. The zero-order valence-electron chi connectivity index (χ0n) is 10.3. The van der Waals surface area contributed by atoms with E-state index in [2.05, 4.69) is 5.32 Å².